The van der Waals surface area contributed by atoms with Crippen LogP contribution in [0, 0.1) is 29.6 Å². The molecule has 0 aromatic heterocycles. The number of esters is 1. The van der Waals surface area contributed by atoms with Crippen molar-refractivity contribution in [1.29, 1.82) is 0 Å². The molecule has 5 aliphatic rings. The van der Waals surface area contributed by atoms with Crippen molar-refractivity contribution >= 4 is 17.7 Å². The number of thioether (sulfide) groups is 1. The molecule has 5 fully saturated rings. The number of methoxy groups -OCH3 is 1. The van der Waals surface area contributed by atoms with E-state index in [1.54, 1.807) is 7.11 Å². The second-order valence-corrected chi connectivity index (χ2v) is 8.27. The number of hydrogen-bond acceptors (Lipinski definition) is 3. The van der Waals surface area contributed by atoms with Gasteiger partial charge < -0.3 is 4.74 Å². The Bertz CT molecular complexity index is 351. The third kappa shape index (κ3) is 1.35. The van der Waals surface area contributed by atoms with Crippen molar-refractivity contribution in [3.05, 3.63) is 0 Å². The van der Waals surface area contributed by atoms with Gasteiger partial charge in [-0.05, 0) is 67.9 Å². The van der Waals surface area contributed by atoms with Crippen LogP contribution in [0.4, 0.5) is 0 Å². The number of carbonyl (C=O) groups is 1. The molecule has 2 nitrogen and oxygen atoms in total. The first-order valence-electron chi connectivity index (χ1n) is 7.45. The molecule has 4 aliphatic carbocycles. The van der Waals surface area contributed by atoms with Crippen molar-refractivity contribution in [3.8, 4) is 0 Å². The van der Waals surface area contributed by atoms with Gasteiger partial charge >= 0.3 is 5.97 Å². The van der Waals surface area contributed by atoms with E-state index in [1.807, 2.05) is 0 Å². The fourth-order valence-electron chi connectivity index (χ4n) is 5.85. The summed E-state index contributed by atoms with van der Waals surface area (Å²) in [4.78, 5) is 12.2. The largest absolute Gasteiger partial charge is 0.469 e. The van der Waals surface area contributed by atoms with Crippen LogP contribution in [0.1, 0.15) is 38.5 Å². The number of hydrogen-bond donors (Lipinski definition) is 0. The second-order valence-electron chi connectivity index (χ2n) is 6.87. The van der Waals surface area contributed by atoms with E-state index < -0.39 is 0 Å². The van der Waals surface area contributed by atoms with Gasteiger partial charge in [0.05, 0.1) is 13.0 Å². The molecule has 100 valence electrons. The average molecular weight is 266 g/mol. The smallest absolute Gasteiger partial charge is 0.310 e. The van der Waals surface area contributed by atoms with Crippen LogP contribution in [0.2, 0.25) is 0 Å². The van der Waals surface area contributed by atoms with E-state index in [2.05, 4.69) is 11.8 Å². The Hall–Kier alpha value is -0.180. The monoisotopic (exact) mass is 266 g/mol. The molecule has 0 radical (unpaired) electrons. The lowest BCUT2D eigenvalue weighted by atomic mass is 9.49. The summed E-state index contributed by atoms with van der Waals surface area (Å²) in [6, 6.07) is 0. The van der Waals surface area contributed by atoms with Crippen LogP contribution in [-0.4, -0.2) is 23.6 Å². The number of carbonyl (C=O) groups excluding carboxylic acids is 1. The summed E-state index contributed by atoms with van der Waals surface area (Å²) in [5, 5.41) is 0. The molecule has 0 unspecified atom stereocenters. The average Bonchev–Trinajstić information content (AvgIpc) is 2.80. The summed E-state index contributed by atoms with van der Waals surface area (Å²) in [6.07, 6.45) is 8.12. The molecule has 1 aliphatic heterocycles. The molecular weight excluding hydrogens is 244 g/mol. The molecule has 3 heteroatoms. The Labute approximate surface area is 113 Å². The Morgan fingerprint density at radius 1 is 1.11 bits per heavy atom. The standard InChI is InChI=1S/C15H22O2S/c1-17-14(16)13-2-3-18-15(13)11-5-9-4-10(7-11)8-12(15)6-9/h9-13H,2-8H2,1H3/t9?,10?,11?,12?,13-,15?/m0/s1. The van der Waals surface area contributed by atoms with Crippen molar-refractivity contribution in [2.75, 3.05) is 12.9 Å². The fraction of sp³-hybridized carbons (Fsp3) is 0.933. The fourth-order valence-corrected chi connectivity index (χ4v) is 7.83. The van der Waals surface area contributed by atoms with Gasteiger partial charge in [0.15, 0.2) is 0 Å². The molecule has 1 spiro atoms. The van der Waals surface area contributed by atoms with E-state index in [1.165, 1.54) is 37.9 Å². The predicted molar refractivity (Wildman–Crippen MR) is 72.4 cm³/mol. The zero-order valence-electron chi connectivity index (χ0n) is 11.1. The van der Waals surface area contributed by atoms with Crippen LogP contribution in [0.25, 0.3) is 0 Å². The summed E-state index contributed by atoms with van der Waals surface area (Å²) in [6.45, 7) is 0. The minimum atomic E-state index is 0.0764. The maximum Gasteiger partial charge on any atom is 0.310 e. The minimum Gasteiger partial charge on any atom is -0.469 e. The topological polar surface area (TPSA) is 26.3 Å². The molecular formula is C15H22O2S. The Morgan fingerprint density at radius 3 is 2.28 bits per heavy atom. The van der Waals surface area contributed by atoms with E-state index in [0.29, 0.717) is 0 Å². The maximum atomic E-state index is 12.2. The first kappa shape index (κ1) is 11.6. The zero-order chi connectivity index (χ0) is 12.3. The van der Waals surface area contributed by atoms with Crippen LogP contribution in [0.15, 0.2) is 0 Å². The quantitative estimate of drug-likeness (QED) is 0.682. The second kappa shape index (κ2) is 3.91. The normalized spacial score (nSPS) is 53.1. The highest BCUT2D eigenvalue weighted by Crippen LogP contribution is 2.67. The van der Waals surface area contributed by atoms with E-state index in [9.17, 15) is 4.79 Å². The minimum absolute atomic E-state index is 0.0764. The first-order valence-corrected chi connectivity index (χ1v) is 8.44. The molecule has 0 aromatic carbocycles. The highest BCUT2D eigenvalue weighted by atomic mass is 32.2. The van der Waals surface area contributed by atoms with Gasteiger partial charge in [-0.1, -0.05) is 0 Å². The van der Waals surface area contributed by atoms with Crippen LogP contribution < -0.4 is 0 Å². The number of ether oxygens (including phenoxy) is 1. The Morgan fingerprint density at radius 2 is 1.72 bits per heavy atom. The molecule has 0 N–H and O–H groups in total. The Kier molecular flexibility index (Phi) is 2.53. The van der Waals surface area contributed by atoms with Crippen molar-refractivity contribution in [2.45, 2.75) is 43.3 Å². The molecule has 18 heavy (non-hydrogen) atoms. The maximum absolute atomic E-state index is 12.2. The molecule has 1 saturated heterocycles. The SMILES string of the molecule is COC(=O)[C@@H]1CCSC12C1CC3CC(C1)CC2C3. The van der Waals surface area contributed by atoms with Gasteiger partial charge in [0.25, 0.3) is 0 Å². The highest BCUT2D eigenvalue weighted by Gasteiger charge is 2.63. The van der Waals surface area contributed by atoms with Crippen LogP contribution in [0.5, 0.6) is 0 Å². The van der Waals surface area contributed by atoms with E-state index in [4.69, 9.17) is 4.74 Å². The van der Waals surface area contributed by atoms with Crippen LogP contribution in [-0.2, 0) is 9.53 Å². The van der Waals surface area contributed by atoms with Gasteiger partial charge in [-0.25, -0.2) is 0 Å². The summed E-state index contributed by atoms with van der Waals surface area (Å²) in [5.41, 5.74) is 0. The van der Waals surface area contributed by atoms with Gasteiger partial charge in [0.1, 0.15) is 0 Å². The highest BCUT2D eigenvalue weighted by molar-refractivity contribution is 8.01. The number of rotatable bonds is 1. The van der Waals surface area contributed by atoms with Gasteiger partial charge in [-0.2, -0.15) is 11.8 Å². The summed E-state index contributed by atoms with van der Waals surface area (Å²) in [5.74, 6) is 5.03. The van der Waals surface area contributed by atoms with Crippen LogP contribution in [0.3, 0.4) is 0 Å². The van der Waals surface area contributed by atoms with Gasteiger partial charge in [0.2, 0.25) is 0 Å². The molecule has 0 aromatic rings. The zero-order valence-corrected chi connectivity index (χ0v) is 11.9. The predicted octanol–water partition coefficient (Wildman–Crippen LogP) is 3.11. The van der Waals surface area contributed by atoms with Crippen molar-refractivity contribution in [3.63, 3.8) is 0 Å². The van der Waals surface area contributed by atoms with Crippen molar-refractivity contribution in [2.24, 2.45) is 29.6 Å². The van der Waals surface area contributed by atoms with Gasteiger partial charge in [-0.15, -0.1) is 0 Å². The lowest BCUT2D eigenvalue weighted by Crippen LogP contribution is -2.59. The summed E-state index contributed by atoms with van der Waals surface area (Å²) < 4.78 is 5.39. The molecule has 4 saturated carbocycles. The molecule has 1 atom stereocenters. The molecule has 4 bridgehead atoms. The third-order valence-corrected chi connectivity index (χ3v) is 8.09. The third-order valence-electron chi connectivity index (χ3n) is 6.20. The van der Waals surface area contributed by atoms with Crippen molar-refractivity contribution in [1.82, 2.24) is 0 Å². The molecule has 1 heterocycles. The van der Waals surface area contributed by atoms with E-state index >= 15 is 0 Å². The summed E-state index contributed by atoms with van der Waals surface area (Å²) in [7, 11) is 1.56. The first-order chi connectivity index (χ1) is 8.74. The van der Waals surface area contributed by atoms with Gasteiger partial charge in [-0.3, -0.25) is 4.79 Å². The van der Waals surface area contributed by atoms with Crippen molar-refractivity contribution < 1.29 is 9.53 Å². The lowest BCUT2D eigenvalue weighted by molar-refractivity contribution is -0.151. The summed E-state index contributed by atoms with van der Waals surface area (Å²) >= 11 is 2.13. The van der Waals surface area contributed by atoms with E-state index in [0.717, 1.165) is 30.1 Å². The van der Waals surface area contributed by atoms with Crippen LogP contribution >= 0.6 is 11.8 Å². The van der Waals surface area contributed by atoms with E-state index in [-0.39, 0.29) is 16.6 Å². The molecule has 0 amide bonds. The lowest BCUT2D eigenvalue weighted by Gasteiger charge is -2.61. The van der Waals surface area contributed by atoms with Gasteiger partial charge in [0, 0.05) is 4.75 Å². The Balaban J connectivity index is 1.71. The molecule has 5 rings (SSSR count).